The number of nitrogens with zero attached hydrogens (tertiary/aromatic N) is 1. The van der Waals surface area contributed by atoms with Gasteiger partial charge in [-0.3, -0.25) is 4.90 Å². The minimum absolute atomic E-state index is 1.14. The highest BCUT2D eigenvalue weighted by atomic mass is 15.3. The van der Waals surface area contributed by atoms with Gasteiger partial charge in [0.05, 0.1) is 12.7 Å². The third-order valence-corrected chi connectivity index (χ3v) is 5.16. The molecule has 3 heterocycles. The van der Waals surface area contributed by atoms with Crippen LogP contribution in [0, 0.1) is 0 Å². The van der Waals surface area contributed by atoms with Crippen molar-refractivity contribution in [2.45, 2.75) is 12.8 Å². The fourth-order valence-electron chi connectivity index (χ4n) is 3.76. The first-order valence-corrected chi connectivity index (χ1v) is 9.00. The van der Waals surface area contributed by atoms with E-state index in [0.717, 1.165) is 13.1 Å². The highest BCUT2D eigenvalue weighted by Gasteiger charge is 2.25. The Kier molecular flexibility index (Phi) is 4.47. The van der Waals surface area contributed by atoms with E-state index in [2.05, 4.69) is 57.5 Å². The summed E-state index contributed by atoms with van der Waals surface area (Å²) >= 11 is 0. The molecule has 124 valence electrons. The Hall–Kier alpha value is -2.33. The molecule has 4 rings (SSSR count). The second-order valence-corrected chi connectivity index (χ2v) is 6.70. The number of fused-ring (bicyclic) bond motifs is 1. The van der Waals surface area contributed by atoms with Crippen molar-refractivity contribution in [2.24, 2.45) is 0 Å². The molecule has 0 saturated carbocycles. The van der Waals surface area contributed by atoms with Gasteiger partial charge in [-0.2, -0.15) is 0 Å². The molecule has 0 atom stereocenters. The number of aromatic nitrogens is 2. The highest BCUT2D eigenvalue weighted by molar-refractivity contribution is 5.82. The van der Waals surface area contributed by atoms with Gasteiger partial charge in [0.1, 0.15) is 26.2 Å². The number of para-hydroxylation sites is 1. The van der Waals surface area contributed by atoms with E-state index >= 15 is 0 Å². The molecule has 3 N–H and O–H groups in total. The topological polar surface area (TPSA) is 37.6 Å². The van der Waals surface area contributed by atoms with Gasteiger partial charge >= 0.3 is 0 Å². The minimum Gasteiger partial charge on any atom is -0.361 e. The van der Waals surface area contributed by atoms with Gasteiger partial charge in [0.15, 0.2) is 0 Å². The van der Waals surface area contributed by atoms with Crippen LogP contribution in [-0.4, -0.2) is 37.7 Å². The van der Waals surface area contributed by atoms with E-state index in [1.165, 1.54) is 54.8 Å². The lowest BCUT2D eigenvalue weighted by atomic mass is 10.1. The summed E-state index contributed by atoms with van der Waals surface area (Å²) in [5, 5.41) is 1.39. The van der Waals surface area contributed by atoms with Crippen molar-refractivity contribution in [3.63, 3.8) is 0 Å². The van der Waals surface area contributed by atoms with Gasteiger partial charge in [-0.1, -0.05) is 24.3 Å². The Morgan fingerprint density at radius 3 is 2.71 bits per heavy atom. The summed E-state index contributed by atoms with van der Waals surface area (Å²) in [6.45, 7) is 6.02. The molecule has 0 spiro atoms. The van der Waals surface area contributed by atoms with E-state index in [0.29, 0.717) is 0 Å². The van der Waals surface area contributed by atoms with E-state index < -0.39 is 0 Å². The maximum atomic E-state index is 3.38. The summed E-state index contributed by atoms with van der Waals surface area (Å²) in [6.07, 6.45) is 6.62. The molecule has 1 aliphatic rings. The predicted molar refractivity (Wildman–Crippen MR) is 97.4 cm³/mol. The fourth-order valence-corrected chi connectivity index (χ4v) is 3.76. The molecule has 0 aliphatic carbocycles. The summed E-state index contributed by atoms with van der Waals surface area (Å²) in [6, 6.07) is 14.9. The molecule has 3 aromatic rings. The van der Waals surface area contributed by atoms with Gasteiger partial charge < -0.3 is 9.88 Å². The number of nitrogens with one attached hydrogen (secondary N) is 3. The standard InChI is InChI=1S/C20H24N4/c1-2-8-19-18(7-1)17(16-22-19)6-5-11-23-12-14-24(15-13-23)20-9-3-4-10-21-20/h1-4,7-10,16,22H,5-6,11-15H2/p+2. The molecule has 1 saturated heterocycles. The van der Waals surface area contributed by atoms with Crippen molar-refractivity contribution < 1.29 is 9.88 Å². The lowest BCUT2D eigenvalue weighted by Crippen LogP contribution is -3.14. The molecular weight excluding hydrogens is 296 g/mol. The van der Waals surface area contributed by atoms with Crippen LogP contribution in [0.4, 0.5) is 5.82 Å². The number of H-pyrrole nitrogens is 2. The zero-order valence-electron chi connectivity index (χ0n) is 14.1. The van der Waals surface area contributed by atoms with Crippen molar-refractivity contribution in [3.05, 3.63) is 60.4 Å². The molecular formula is C20H26N4+2. The first kappa shape index (κ1) is 15.2. The number of aryl methyl sites for hydroxylation is 1. The first-order chi connectivity index (χ1) is 11.9. The van der Waals surface area contributed by atoms with E-state index in [1.54, 1.807) is 4.90 Å². The van der Waals surface area contributed by atoms with Crippen LogP contribution in [0.3, 0.4) is 0 Å². The summed E-state index contributed by atoms with van der Waals surface area (Å²) in [5.74, 6) is 1.25. The number of hydrogen-bond acceptors (Lipinski definition) is 1. The third kappa shape index (κ3) is 3.29. The number of anilines is 1. The number of aromatic amines is 2. The molecule has 0 bridgehead atoms. The number of quaternary nitrogens is 1. The zero-order chi connectivity index (χ0) is 16.2. The van der Waals surface area contributed by atoms with Crippen LogP contribution >= 0.6 is 0 Å². The zero-order valence-corrected chi connectivity index (χ0v) is 14.1. The Morgan fingerprint density at radius 2 is 1.88 bits per heavy atom. The number of hydrogen-bond donors (Lipinski definition) is 2. The van der Waals surface area contributed by atoms with E-state index in [9.17, 15) is 0 Å². The Bertz CT molecular complexity index is 772. The Balaban J connectivity index is 1.26. The first-order valence-electron chi connectivity index (χ1n) is 9.00. The second kappa shape index (κ2) is 7.05. The molecule has 0 radical (unpaired) electrons. The van der Waals surface area contributed by atoms with Crippen molar-refractivity contribution >= 4 is 16.7 Å². The maximum Gasteiger partial charge on any atom is 0.274 e. The van der Waals surface area contributed by atoms with Gasteiger partial charge in [0, 0.05) is 29.6 Å². The number of rotatable bonds is 5. The Labute approximate surface area is 143 Å². The third-order valence-electron chi connectivity index (χ3n) is 5.16. The number of piperazine rings is 1. The lowest BCUT2D eigenvalue weighted by Gasteiger charge is -2.28. The van der Waals surface area contributed by atoms with E-state index in [4.69, 9.17) is 0 Å². The maximum absolute atomic E-state index is 3.38. The van der Waals surface area contributed by atoms with Crippen LogP contribution in [0.2, 0.25) is 0 Å². The van der Waals surface area contributed by atoms with E-state index in [1.807, 2.05) is 12.3 Å². The van der Waals surface area contributed by atoms with Gasteiger partial charge in [0.2, 0.25) is 0 Å². The van der Waals surface area contributed by atoms with Gasteiger partial charge in [-0.25, -0.2) is 4.98 Å². The lowest BCUT2D eigenvalue weighted by molar-refractivity contribution is -0.900. The quantitative estimate of drug-likeness (QED) is 0.730. The van der Waals surface area contributed by atoms with Crippen molar-refractivity contribution in [2.75, 3.05) is 37.6 Å². The van der Waals surface area contributed by atoms with Crippen LogP contribution in [0.15, 0.2) is 54.9 Å². The van der Waals surface area contributed by atoms with Crippen molar-refractivity contribution in [1.29, 1.82) is 0 Å². The molecule has 4 nitrogen and oxygen atoms in total. The monoisotopic (exact) mass is 322 g/mol. The Morgan fingerprint density at radius 1 is 1.04 bits per heavy atom. The largest absolute Gasteiger partial charge is 0.361 e. The summed E-state index contributed by atoms with van der Waals surface area (Å²) in [7, 11) is 0. The van der Waals surface area contributed by atoms with Gasteiger partial charge in [0.25, 0.3) is 5.82 Å². The molecule has 0 amide bonds. The normalized spacial score (nSPS) is 15.9. The number of benzene rings is 1. The number of pyridine rings is 1. The molecule has 1 aliphatic heterocycles. The minimum atomic E-state index is 1.14. The fraction of sp³-hybridized carbons (Fsp3) is 0.350. The summed E-state index contributed by atoms with van der Waals surface area (Å²) < 4.78 is 0. The average Bonchev–Trinajstić information content (AvgIpc) is 3.06. The van der Waals surface area contributed by atoms with E-state index in [-0.39, 0.29) is 0 Å². The van der Waals surface area contributed by atoms with Gasteiger partial charge in [-0.15, -0.1) is 0 Å². The van der Waals surface area contributed by atoms with Crippen molar-refractivity contribution in [1.82, 2.24) is 4.98 Å². The smallest absolute Gasteiger partial charge is 0.274 e. The van der Waals surface area contributed by atoms with Crippen LogP contribution in [-0.2, 0) is 6.42 Å². The second-order valence-electron chi connectivity index (χ2n) is 6.70. The predicted octanol–water partition coefficient (Wildman–Crippen LogP) is 1.32. The molecule has 2 aromatic heterocycles. The summed E-state index contributed by atoms with van der Waals surface area (Å²) in [5.41, 5.74) is 2.72. The average molecular weight is 322 g/mol. The summed E-state index contributed by atoms with van der Waals surface area (Å²) in [4.78, 5) is 10.9. The highest BCUT2D eigenvalue weighted by Crippen LogP contribution is 2.18. The van der Waals surface area contributed by atoms with Crippen LogP contribution in [0.1, 0.15) is 12.0 Å². The van der Waals surface area contributed by atoms with Crippen LogP contribution in [0.25, 0.3) is 10.9 Å². The molecule has 1 aromatic carbocycles. The molecule has 24 heavy (non-hydrogen) atoms. The SMILES string of the molecule is c1ccc(N2CC[NH+](CCCc3c[nH]c4ccccc34)CC2)[nH+]c1. The van der Waals surface area contributed by atoms with Crippen molar-refractivity contribution in [3.8, 4) is 0 Å². The van der Waals surface area contributed by atoms with Gasteiger partial charge in [-0.05, 0) is 24.1 Å². The van der Waals surface area contributed by atoms with Crippen LogP contribution < -0.4 is 14.8 Å². The van der Waals surface area contributed by atoms with Crippen LogP contribution in [0.5, 0.6) is 0 Å². The molecule has 1 fully saturated rings. The molecule has 4 heteroatoms. The molecule has 0 unspecified atom stereocenters.